The van der Waals surface area contributed by atoms with Gasteiger partial charge in [0.25, 0.3) is 0 Å². The highest BCUT2D eigenvalue weighted by atomic mass is 32.1. The molecule has 0 atom stereocenters. The average Bonchev–Trinajstić information content (AvgIpc) is 3.70. The van der Waals surface area contributed by atoms with Gasteiger partial charge in [0.05, 0.1) is 13.9 Å². The average molecular weight is 715 g/mol. The lowest BCUT2D eigenvalue weighted by atomic mass is 10.0. The minimum Gasteiger partial charge on any atom is -0.310 e. The molecule has 10 rings (SSSR count). The van der Waals surface area contributed by atoms with Crippen LogP contribution >= 0.6 is 11.3 Å². The smallest absolute Gasteiger partial charge is 0.164 e. The summed E-state index contributed by atoms with van der Waals surface area (Å²) in [5, 5.41) is 2.78. The Morgan fingerprint density at radius 1 is 0.444 bits per heavy atom. The van der Waals surface area contributed by atoms with Crippen LogP contribution in [0, 0.1) is 0 Å². The lowest BCUT2D eigenvalue weighted by molar-refractivity contribution is 1.08. The molecule has 254 valence electrons. The summed E-state index contributed by atoms with van der Waals surface area (Å²) in [5.74, 6) is 0.828. The Balaban J connectivity index is 1.16. The number of fused-ring (bicyclic) bond motifs is 4. The maximum atomic E-state index is 9.59. The van der Waals surface area contributed by atoms with E-state index in [0.29, 0.717) is 32.0 Å². The Labute approximate surface area is 325 Å². The second-order valence-corrected chi connectivity index (χ2v) is 13.8. The summed E-state index contributed by atoms with van der Waals surface area (Å²) in [6, 6.07) is 50.1. The van der Waals surface area contributed by atoms with Crippen LogP contribution in [-0.2, 0) is 0 Å². The first-order valence-corrected chi connectivity index (χ1v) is 18.4. The van der Waals surface area contributed by atoms with Crippen LogP contribution in [-0.4, -0.2) is 15.0 Å². The van der Waals surface area contributed by atoms with E-state index in [9.17, 15) is 5.48 Å². The maximum Gasteiger partial charge on any atom is 0.164 e. The highest BCUT2D eigenvalue weighted by Crippen LogP contribution is 2.43. The van der Waals surface area contributed by atoms with Crippen molar-refractivity contribution in [3.8, 4) is 45.3 Å². The second kappa shape index (κ2) is 13.6. The second-order valence-electron chi connectivity index (χ2n) is 12.8. The number of hydrogen-bond acceptors (Lipinski definition) is 5. The fourth-order valence-electron chi connectivity index (χ4n) is 6.87. The number of nitrogens with zero attached hydrogens (tertiary/aromatic N) is 4. The first kappa shape index (κ1) is 25.9. The topological polar surface area (TPSA) is 41.9 Å². The van der Waals surface area contributed by atoms with E-state index in [1.807, 2.05) is 121 Å². The van der Waals surface area contributed by atoms with Gasteiger partial charge in [-0.15, -0.1) is 11.3 Å². The van der Waals surface area contributed by atoms with Crippen molar-refractivity contribution in [3.05, 3.63) is 194 Å². The van der Waals surface area contributed by atoms with E-state index in [1.165, 1.54) is 0 Å². The van der Waals surface area contributed by atoms with Gasteiger partial charge in [-0.1, -0.05) is 152 Å². The quantitative estimate of drug-likeness (QED) is 0.165. The number of rotatable bonds is 7. The lowest BCUT2D eigenvalue weighted by Gasteiger charge is -2.27. The van der Waals surface area contributed by atoms with Gasteiger partial charge in [-0.3, -0.25) is 0 Å². The summed E-state index contributed by atoms with van der Waals surface area (Å²) >= 11 is 1.12. The van der Waals surface area contributed by atoms with Crippen molar-refractivity contribution < 1.29 is 8.22 Å². The molecule has 0 saturated carbocycles. The van der Waals surface area contributed by atoms with Crippen LogP contribution in [0.1, 0.15) is 8.22 Å². The van der Waals surface area contributed by atoms with E-state index >= 15 is 0 Å². The molecule has 0 aliphatic rings. The van der Waals surface area contributed by atoms with Crippen molar-refractivity contribution in [1.29, 1.82) is 0 Å². The Morgan fingerprint density at radius 3 is 1.78 bits per heavy atom. The predicted octanol–water partition coefficient (Wildman–Crippen LogP) is 13.5. The number of para-hydroxylation sites is 1. The number of aromatic nitrogens is 3. The summed E-state index contributed by atoms with van der Waals surface area (Å²) in [4.78, 5) is 16.7. The zero-order valence-corrected chi connectivity index (χ0v) is 29.5. The molecule has 5 heteroatoms. The molecule has 0 N–H and O–H groups in total. The van der Waals surface area contributed by atoms with Crippen LogP contribution in [0.5, 0.6) is 0 Å². The summed E-state index contributed by atoms with van der Waals surface area (Å²) < 4.78 is 56.4. The fraction of sp³-hybridized carbons (Fsp3) is 0. The number of hydrogen-bond donors (Lipinski definition) is 0. The van der Waals surface area contributed by atoms with E-state index in [4.69, 9.17) is 17.7 Å². The zero-order chi connectivity index (χ0) is 41.1. The molecular weight excluding hydrogens is 677 g/mol. The maximum absolute atomic E-state index is 9.59. The van der Waals surface area contributed by atoms with Crippen molar-refractivity contribution in [1.82, 2.24) is 15.0 Å². The molecule has 0 spiro atoms. The Bertz CT molecular complexity index is 3210. The van der Waals surface area contributed by atoms with E-state index < -0.39 is 0 Å². The molecule has 2 aromatic heterocycles. The molecular formula is C49H32N4S. The van der Waals surface area contributed by atoms with Crippen LogP contribution in [0.4, 0.5) is 17.1 Å². The fourth-order valence-corrected chi connectivity index (χ4v) is 7.89. The molecule has 0 aliphatic carbocycles. The summed E-state index contributed by atoms with van der Waals surface area (Å²) in [5.41, 5.74) is 5.34. The molecule has 2 heterocycles. The first-order valence-electron chi connectivity index (χ1n) is 20.5. The van der Waals surface area contributed by atoms with E-state index in [2.05, 4.69) is 41.3 Å². The molecule has 10 aromatic rings. The van der Waals surface area contributed by atoms with Gasteiger partial charge in [0.1, 0.15) is 0 Å². The van der Waals surface area contributed by atoms with Gasteiger partial charge in [0.15, 0.2) is 17.5 Å². The minimum atomic E-state index is -0.318. The molecule has 0 saturated heterocycles. The Morgan fingerprint density at radius 2 is 1.06 bits per heavy atom. The van der Waals surface area contributed by atoms with Crippen LogP contribution in [0.2, 0.25) is 0 Å². The highest BCUT2D eigenvalue weighted by molar-refractivity contribution is 7.26. The van der Waals surface area contributed by atoms with Crippen LogP contribution in [0.15, 0.2) is 194 Å². The standard InChI is InChI=1S/C49H32N4S/c1-4-15-35(16-5-1)47-50-48(36-17-6-2-7-18-36)52-49(51-47)42-23-13-25-44-46(42)41-31-28-37(32-45(41)54-44)33-26-29-39(30-27-33)53(38-20-8-3-9-21-38)43-24-12-19-34-14-10-11-22-40(34)43/h1-32H/i13D,23D,25D,28D,31D,32D. The third-order valence-corrected chi connectivity index (χ3v) is 10.5. The third-order valence-electron chi connectivity index (χ3n) is 9.43. The Hall–Kier alpha value is -6.95. The molecule has 4 nitrogen and oxygen atoms in total. The lowest BCUT2D eigenvalue weighted by Crippen LogP contribution is -2.10. The van der Waals surface area contributed by atoms with Gasteiger partial charge in [-0.05, 0) is 58.9 Å². The van der Waals surface area contributed by atoms with Crippen LogP contribution < -0.4 is 4.90 Å². The first-order chi connectivity index (χ1) is 29.3. The Kier molecular flexibility index (Phi) is 6.50. The number of anilines is 3. The van der Waals surface area contributed by atoms with Crippen LogP contribution in [0.3, 0.4) is 0 Å². The highest BCUT2D eigenvalue weighted by Gasteiger charge is 2.18. The molecule has 54 heavy (non-hydrogen) atoms. The van der Waals surface area contributed by atoms with Gasteiger partial charge < -0.3 is 4.90 Å². The van der Waals surface area contributed by atoms with Crippen molar-refractivity contribution in [2.24, 2.45) is 0 Å². The molecule has 0 radical (unpaired) electrons. The molecule has 0 amide bonds. The molecule has 0 unspecified atom stereocenters. The van der Waals surface area contributed by atoms with Crippen molar-refractivity contribution in [2.75, 3.05) is 4.90 Å². The van der Waals surface area contributed by atoms with E-state index in [-0.39, 0.29) is 58.6 Å². The van der Waals surface area contributed by atoms with Crippen molar-refractivity contribution in [3.63, 3.8) is 0 Å². The van der Waals surface area contributed by atoms with Crippen LogP contribution in [0.25, 0.3) is 76.2 Å². The predicted molar refractivity (Wildman–Crippen MR) is 227 cm³/mol. The molecule has 8 aromatic carbocycles. The van der Waals surface area contributed by atoms with Crippen molar-refractivity contribution in [2.45, 2.75) is 0 Å². The van der Waals surface area contributed by atoms with E-state index in [0.717, 1.165) is 50.3 Å². The normalized spacial score (nSPS) is 12.9. The van der Waals surface area contributed by atoms with Gasteiger partial charge in [-0.25, -0.2) is 15.0 Å². The molecule has 0 aliphatic heterocycles. The summed E-state index contributed by atoms with van der Waals surface area (Å²) in [7, 11) is 0. The molecule has 0 fully saturated rings. The third kappa shape index (κ3) is 5.77. The van der Waals surface area contributed by atoms with Gasteiger partial charge >= 0.3 is 0 Å². The van der Waals surface area contributed by atoms with Gasteiger partial charge in [0, 0.05) is 53.6 Å². The summed E-state index contributed by atoms with van der Waals surface area (Å²) in [6.07, 6.45) is 0. The van der Waals surface area contributed by atoms with Crippen molar-refractivity contribution >= 4 is 59.3 Å². The molecule has 0 bridgehead atoms. The summed E-state index contributed by atoms with van der Waals surface area (Å²) in [6.45, 7) is 0. The van der Waals surface area contributed by atoms with E-state index in [1.54, 1.807) is 0 Å². The minimum absolute atomic E-state index is 0.0305. The van der Waals surface area contributed by atoms with Gasteiger partial charge in [-0.2, -0.15) is 0 Å². The monoisotopic (exact) mass is 714 g/mol. The number of thiophene rings is 1. The van der Waals surface area contributed by atoms with Gasteiger partial charge in [0.2, 0.25) is 0 Å². The SMILES string of the molecule is [2H]c1c([2H])c(-c2nc(-c3ccccc3)nc(-c3ccccc3)n2)c2c(sc3c([2H])c(-c4ccc(N(c5ccccc5)c5cccc6ccccc56)cc4)c([2H])c([2H])c32)c1[2H]. The number of benzene rings is 8. The largest absolute Gasteiger partial charge is 0.310 e. The zero-order valence-electron chi connectivity index (χ0n) is 34.7.